The summed E-state index contributed by atoms with van der Waals surface area (Å²) in [5.74, 6) is -0.595. The highest BCUT2D eigenvalue weighted by molar-refractivity contribution is 6.01. The SMILES string of the molecule is CC(=O)NC(=Cc1ccccc1C)C(=O)NC(C)c1ccccc1. The van der Waals surface area contributed by atoms with E-state index in [0.29, 0.717) is 0 Å². The number of aryl methyl sites for hydroxylation is 1. The average Bonchev–Trinajstić information content (AvgIpc) is 2.56. The summed E-state index contributed by atoms with van der Waals surface area (Å²) in [6.45, 7) is 5.26. The Kier molecular flexibility index (Phi) is 5.90. The van der Waals surface area contributed by atoms with E-state index in [1.165, 1.54) is 6.92 Å². The van der Waals surface area contributed by atoms with Crippen LogP contribution in [0.2, 0.25) is 0 Å². The van der Waals surface area contributed by atoms with Crippen LogP contribution in [-0.2, 0) is 9.59 Å². The first-order valence-corrected chi connectivity index (χ1v) is 7.88. The third kappa shape index (κ3) is 4.81. The topological polar surface area (TPSA) is 58.2 Å². The largest absolute Gasteiger partial charge is 0.344 e. The molecule has 0 heterocycles. The van der Waals surface area contributed by atoms with E-state index in [9.17, 15) is 9.59 Å². The Bertz CT molecular complexity index is 751. The lowest BCUT2D eigenvalue weighted by Gasteiger charge is -2.16. The summed E-state index contributed by atoms with van der Waals surface area (Å²) in [5, 5.41) is 5.54. The van der Waals surface area contributed by atoms with Gasteiger partial charge < -0.3 is 10.6 Å². The predicted octanol–water partition coefficient (Wildman–Crippen LogP) is 3.35. The molecule has 2 aromatic rings. The van der Waals surface area contributed by atoms with E-state index >= 15 is 0 Å². The first-order chi connectivity index (χ1) is 11.5. The van der Waals surface area contributed by atoms with Gasteiger partial charge in [-0.3, -0.25) is 9.59 Å². The van der Waals surface area contributed by atoms with E-state index < -0.39 is 0 Å². The Hall–Kier alpha value is -2.88. The molecule has 0 fully saturated rings. The molecule has 0 aliphatic heterocycles. The number of rotatable bonds is 5. The maximum Gasteiger partial charge on any atom is 0.268 e. The maximum atomic E-state index is 12.6. The molecular weight excluding hydrogens is 300 g/mol. The lowest BCUT2D eigenvalue weighted by Crippen LogP contribution is -2.35. The lowest BCUT2D eigenvalue weighted by molar-refractivity contribution is -0.122. The summed E-state index contributed by atoms with van der Waals surface area (Å²) in [6.07, 6.45) is 1.70. The zero-order valence-electron chi connectivity index (χ0n) is 14.2. The van der Waals surface area contributed by atoms with Crippen molar-refractivity contribution in [1.29, 1.82) is 0 Å². The summed E-state index contributed by atoms with van der Waals surface area (Å²) in [4.78, 5) is 24.0. The molecule has 0 spiro atoms. The van der Waals surface area contributed by atoms with Crippen molar-refractivity contribution in [2.75, 3.05) is 0 Å². The minimum Gasteiger partial charge on any atom is -0.344 e. The van der Waals surface area contributed by atoms with Gasteiger partial charge in [0, 0.05) is 6.92 Å². The number of amides is 2. The molecule has 124 valence electrons. The molecule has 0 saturated carbocycles. The second kappa shape index (κ2) is 8.11. The second-order valence-electron chi connectivity index (χ2n) is 5.70. The Labute approximate surface area is 142 Å². The molecule has 0 radical (unpaired) electrons. The van der Waals surface area contributed by atoms with E-state index in [2.05, 4.69) is 10.6 Å². The van der Waals surface area contributed by atoms with Crippen LogP contribution >= 0.6 is 0 Å². The molecule has 0 aliphatic rings. The fraction of sp³-hybridized carbons (Fsp3) is 0.200. The van der Waals surface area contributed by atoms with Crippen LogP contribution in [-0.4, -0.2) is 11.8 Å². The van der Waals surface area contributed by atoms with Gasteiger partial charge in [-0.2, -0.15) is 0 Å². The van der Waals surface area contributed by atoms with Gasteiger partial charge in [-0.15, -0.1) is 0 Å². The van der Waals surface area contributed by atoms with Gasteiger partial charge in [0.2, 0.25) is 5.91 Å². The monoisotopic (exact) mass is 322 g/mol. The van der Waals surface area contributed by atoms with E-state index in [1.54, 1.807) is 6.08 Å². The van der Waals surface area contributed by atoms with Gasteiger partial charge in [-0.1, -0.05) is 54.6 Å². The van der Waals surface area contributed by atoms with Gasteiger partial charge in [0.1, 0.15) is 5.70 Å². The summed E-state index contributed by atoms with van der Waals surface area (Å²) < 4.78 is 0. The summed E-state index contributed by atoms with van der Waals surface area (Å²) in [6, 6.07) is 17.2. The van der Waals surface area contributed by atoms with Crippen LogP contribution in [0.4, 0.5) is 0 Å². The van der Waals surface area contributed by atoms with Crippen LogP contribution < -0.4 is 10.6 Å². The first-order valence-electron chi connectivity index (χ1n) is 7.88. The highest BCUT2D eigenvalue weighted by atomic mass is 16.2. The van der Waals surface area contributed by atoms with Crippen molar-refractivity contribution < 1.29 is 9.59 Å². The molecule has 2 rings (SSSR count). The van der Waals surface area contributed by atoms with Crippen LogP contribution in [0.3, 0.4) is 0 Å². The zero-order valence-corrected chi connectivity index (χ0v) is 14.2. The molecular formula is C20H22N2O2. The third-order valence-electron chi connectivity index (χ3n) is 3.69. The summed E-state index contributed by atoms with van der Waals surface area (Å²) in [5.41, 5.74) is 3.16. The average molecular weight is 322 g/mol. The third-order valence-corrected chi connectivity index (χ3v) is 3.69. The van der Waals surface area contributed by atoms with Gasteiger partial charge >= 0.3 is 0 Å². The molecule has 1 unspecified atom stereocenters. The van der Waals surface area contributed by atoms with E-state index in [1.807, 2.05) is 68.4 Å². The van der Waals surface area contributed by atoms with Gasteiger partial charge in [-0.25, -0.2) is 0 Å². The van der Waals surface area contributed by atoms with Crippen LogP contribution in [0.1, 0.15) is 36.6 Å². The molecule has 4 nitrogen and oxygen atoms in total. The Balaban J connectivity index is 2.23. The van der Waals surface area contributed by atoms with Crippen LogP contribution in [0.15, 0.2) is 60.3 Å². The zero-order chi connectivity index (χ0) is 17.5. The Morgan fingerprint density at radius 2 is 1.62 bits per heavy atom. The molecule has 0 aliphatic carbocycles. The Morgan fingerprint density at radius 1 is 1.00 bits per heavy atom. The van der Waals surface area contributed by atoms with Gasteiger partial charge in [0.25, 0.3) is 5.91 Å². The summed E-state index contributed by atoms with van der Waals surface area (Å²) in [7, 11) is 0. The highest BCUT2D eigenvalue weighted by Crippen LogP contribution is 2.14. The first kappa shape index (κ1) is 17.5. The molecule has 0 bridgehead atoms. The minimum atomic E-state index is -0.315. The van der Waals surface area contributed by atoms with E-state index in [4.69, 9.17) is 0 Å². The molecule has 1 atom stereocenters. The molecule has 24 heavy (non-hydrogen) atoms. The Morgan fingerprint density at radius 3 is 2.25 bits per heavy atom. The van der Waals surface area contributed by atoms with Crippen molar-refractivity contribution in [2.45, 2.75) is 26.8 Å². The van der Waals surface area contributed by atoms with Crippen LogP contribution in [0.5, 0.6) is 0 Å². The molecule has 2 amide bonds. The molecule has 2 aromatic carbocycles. The molecule has 0 aromatic heterocycles. The maximum absolute atomic E-state index is 12.6. The van der Waals surface area contributed by atoms with Gasteiger partial charge in [0.05, 0.1) is 6.04 Å². The molecule has 4 heteroatoms. The number of hydrogen-bond acceptors (Lipinski definition) is 2. The number of nitrogens with one attached hydrogen (secondary N) is 2. The number of hydrogen-bond donors (Lipinski definition) is 2. The second-order valence-corrected chi connectivity index (χ2v) is 5.70. The smallest absolute Gasteiger partial charge is 0.268 e. The van der Waals surface area contributed by atoms with Crippen LogP contribution in [0.25, 0.3) is 6.08 Å². The molecule has 0 saturated heterocycles. The van der Waals surface area contributed by atoms with Gasteiger partial charge in [0.15, 0.2) is 0 Å². The predicted molar refractivity (Wildman–Crippen MR) is 96.0 cm³/mol. The van der Waals surface area contributed by atoms with E-state index in [-0.39, 0.29) is 23.6 Å². The van der Waals surface area contributed by atoms with Crippen molar-refractivity contribution in [3.63, 3.8) is 0 Å². The number of carbonyl (C=O) groups is 2. The number of benzene rings is 2. The minimum absolute atomic E-state index is 0.160. The standard InChI is InChI=1S/C20H22N2O2/c1-14-9-7-8-12-18(14)13-19(22-16(3)23)20(24)21-15(2)17-10-5-4-6-11-17/h4-13,15H,1-3H3,(H,21,24)(H,22,23). The van der Waals surface area contributed by atoms with Crippen molar-refractivity contribution >= 4 is 17.9 Å². The lowest BCUT2D eigenvalue weighted by atomic mass is 10.1. The normalized spacial score (nSPS) is 12.4. The van der Waals surface area contributed by atoms with Crippen molar-refractivity contribution in [2.24, 2.45) is 0 Å². The molecule has 2 N–H and O–H groups in total. The highest BCUT2D eigenvalue weighted by Gasteiger charge is 2.15. The fourth-order valence-electron chi connectivity index (χ4n) is 2.35. The number of carbonyl (C=O) groups excluding carboxylic acids is 2. The summed E-state index contributed by atoms with van der Waals surface area (Å²) >= 11 is 0. The fourth-order valence-corrected chi connectivity index (χ4v) is 2.35. The quantitative estimate of drug-likeness (QED) is 0.829. The van der Waals surface area contributed by atoms with Crippen molar-refractivity contribution in [3.05, 3.63) is 77.0 Å². The van der Waals surface area contributed by atoms with Crippen molar-refractivity contribution in [3.8, 4) is 0 Å². The van der Waals surface area contributed by atoms with Crippen LogP contribution in [0, 0.1) is 6.92 Å². The van der Waals surface area contributed by atoms with Gasteiger partial charge in [-0.05, 0) is 36.6 Å². The van der Waals surface area contributed by atoms with E-state index in [0.717, 1.165) is 16.7 Å². The van der Waals surface area contributed by atoms with Crippen molar-refractivity contribution in [1.82, 2.24) is 10.6 Å².